The zero-order chi connectivity index (χ0) is 19.5. The quantitative estimate of drug-likeness (QED) is 0.157. The van der Waals surface area contributed by atoms with Crippen molar-refractivity contribution >= 4 is 16.3 Å². The topological polar surface area (TPSA) is 174 Å². The van der Waals surface area contributed by atoms with Crippen molar-refractivity contribution in [1.82, 2.24) is 5.32 Å². The maximum atomic E-state index is 11.7. The molecule has 0 aromatic carbocycles. The van der Waals surface area contributed by atoms with Gasteiger partial charge in [0.25, 0.3) is 5.91 Å². The SMILES string of the molecule is CCCCCCCCNC(=O)[C@H](O)[C@@H](O)[C@H](O)[C@H](O)COS(=O)(=O)O. The zero-order valence-electron chi connectivity index (χ0n) is 14.2. The molecular weight excluding hydrogens is 358 g/mol. The van der Waals surface area contributed by atoms with Crippen molar-refractivity contribution < 1.29 is 42.4 Å². The first-order chi connectivity index (χ1) is 11.6. The minimum atomic E-state index is -4.83. The molecule has 0 bridgehead atoms. The molecular formula is C14H29NO9S. The van der Waals surface area contributed by atoms with E-state index < -0.39 is 47.3 Å². The van der Waals surface area contributed by atoms with E-state index in [0.717, 1.165) is 32.1 Å². The van der Waals surface area contributed by atoms with Crippen LogP contribution in [0.1, 0.15) is 45.4 Å². The summed E-state index contributed by atoms with van der Waals surface area (Å²) in [5, 5.41) is 40.8. The van der Waals surface area contributed by atoms with Crippen LogP contribution in [-0.2, 0) is 19.4 Å². The van der Waals surface area contributed by atoms with Crippen molar-refractivity contribution in [3.8, 4) is 0 Å². The number of aliphatic hydroxyl groups excluding tert-OH is 4. The van der Waals surface area contributed by atoms with Crippen LogP contribution in [0.15, 0.2) is 0 Å². The smallest absolute Gasteiger partial charge is 0.388 e. The van der Waals surface area contributed by atoms with Crippen LogP contribution in [0.4, 0.5) is 0 Å². The highest BCUT2D eigenvalue weighted by Crippen LogP contribution is 2.08. The van der Waals surface area contributed by atoms with Crippen molar-refractivity contribution in [2.45, 2.75) is 69.9 Å². The monoisotopic (exact) mass is 387 g/mol. The van der Waals surface area contributed by atoms with E-state index in [2.05, 4.69) is 16.4 Å². The zero-order valence-corrected chi connectivity index (χ0v) is 15.1. The molecule has 150 valence electrons. The summed E-state index contributed by atoms with van der Waals surface area (Å²) in [6, 6.07) is 0. The van der Waals surface area contributed by atoms with E-state index in [1.165, 1.54) is 0 Å². The van der Waals surface area contributed by atoms with Gasteiger partial charge in [-0.05, 0) is 6.42 Å². The van der Waals surface area contributed by atoms with E-state index in [1.54, 1.807) is 0 Å². The minimum absolute atomic E-state index is 0.291. The first-order valence-electron chi connectivity index (χ1n) is 8.22. The van der Waals surface area contributed by atoms with Gasteiger partial charge in [0.05, 0.1) is 6.61 Å². The Kier molecular flexibility index (Phi) is 12.1. The van der Waals surface area contributed by atoms with Crippen molar-refractivity contribution in [1.29, 1.82) is 0 Å². The number of rotatable bonds is 14. The van der Waals surface area contributed by atoms with E-state index in [-0.39, 0.29) is 0 Å². The highest BCUT2D eigenvalue weighted by molar-refractivity contribution is 7.80. The summed E-state index contributed by atoms with van der Waals surface area (Å²) < 4.78 is 32.9. The summed E-state index contributed by atoms with van der Waals surface area (Å²) in [5.41, 5.74) is 0. The molecule has 0 fully saturated rings. The molecule has 0 saturated heterocycles. The Morgan fingerprint density at radius 3 is 2.12 bits per heavy atom. The fraction of sp³-hybridized carbons (Fsp3) is 0.929. The number of nitrogens with one attached hydrogen (secondary N) is 1. The van der Waals surface area contributed by atoms with E-state index in [4.69, 9.17) is 4.55 Å². The largest absolute Gasteiger partial charge is 0.397 e. The molecule has 10 nitrogen and oxygen atoms in total. The molecule has 0 aromatic heterocycles. The predicted molar refractivity (Wildman–Crippen MR) is 87.9 cm³/mol. The first-order valence-corrected chi connectivity index (χ1v) is 9.58. The molecule has 0 aliphatic rings. The van der Waals surface area contributed by atoms with Gasteiger partial charge in [0.1, 0.15) is 18.3 Å². The third-order valence-electron chi connectivity index (χ3n) is 3.55. The molecule has 0 aliphatic heterocycles. The molecule has 1 amide bonds. The Balaban J connectivity index is 4.15. The highest BCUT2D eigenvalue weighted by Gasteiger charge is 2.34. The van der Waals surface area contributed by atoms with Crippen molar-refractivity contribution in [3.05, 3.63) is 0 Å². The van der Waals surface area contributed by atoms with Gasteiger partial charge >= 0.3 is 10.4 Å². The Morgan fingerprint density at radius 1 is 1.00 bits per heavy atom. The van der Waals surface area contributed by atoms with Crippen LogP contribution in [0.2, 0.25) is 0 Å². The normalized spacial score (nSPS) is 16.9. The highest BCUT2D eigenvalue weighted by atomic mass is 32.3. The molecule has 25 heavy (non-hydrogen) atoms. The number of unbranched alkanes of at least 4 members (excludes halogenated alkanes) is 5. The van der Waals surface area contributed by atoms with E-state index >= 15 is 0 Å². The lowest BCUT2D eigenvalue weighted by atomic mass is 10.0. The van der Waals surface area contributed by atoms with Gasteiger partial charge in [-0.1, -0.05) is 39.0 Å². The molecule has 0 aromatic rings. The molecule has 0 aliphatic carbocycles. The van der Waals surface area contributed by atoms with Crippen molar-refractivity contribution in [3.63, 3.8) is 0 Å². The second-order valence-corrected chi connectivity index (χ2v) is 6.86. The molecule has 0 heterocycles. The summed E-state index contributed by atoms with van der Waals surface area (Å²) >= 11 is 0. The van der Waals surface area contributed by atoms with Crippen LogP contribution < -0.4 is 5.32 Å². The van der Waals surface area contributed by atoms with Crippen LogP contribution in [-0.4, -0.2) is 76.9 Å². The van der Waals surface area contributed by atoms with Gasteiger partial charge in [0.15, 0.2) is 6.10 Å². The standard InChI is InChI=1S/C14H29NO9S/c1-2-3-4-5-6-7-8-15-14(20)13(19)12(18)11(17)10(16)9-24-25(21,22)23/h10-13,16-19H,2-9H2,1H3,(H,15,20)(H,21,22,23)/t10-,11-,12+,13-/m1/s1. The van der Waals surface area contributed by atoms with E-state index in [9.17, 15) is 33.6 Å². The van der Waals surface area contributed by atoms with Gasteiger partial charge in [-0.3, -0.25) is 9.35 Å². The van der Waals surface area contributed by atoms with Gasteiger partial charge in [-0.25, -0.2) is 4.18 Å². The number of carbonyl (C=O) groups excluding carboxylic acids is 1. The van der Waals surface area contributed by atoms with E-state index in [1.807, 2.05) is 0 Å². The molecule has 11 heteroatoms. The molecule has 0 spiro atoms. The number of aliphatic hydroxyl groups is 4. The van der Waals surface area contributed by atoms with Gasteiger partial charge in [-0.2, -0.15) is 8.42 Å². The maximum Gasteiger partial charge on any atom is 0.397 e. The minimum Gasteiger partial charge on any atom is -0.388 e. The van der Waals surface area contributed by atoms with Crippen LogP contribution in [0.25, 0.3) is 0 Å². The third-order valence-corrected chi connectivity index (χ3v) is 3.99. The number of hydrogen-bond donors (Lipinski definition) is 6. The Labute approximate surface area is 147 Å². The van der Waals surface area contributed by atoms with Gasteiger partial charge in [-0.15, -0.1) is 0 Å². The summed E-state index contributed by atoms with van der Waals surface area (Å²) in [5.74, 6) is -0.928. The lowest BCUT2D eigenvalue weighted by Gasteiger charge is -2.25. The molecule has 4 atom stereocenters. The maximum absolute atomic E-state index is 11.7. The molecule has 0 rings (SSSR count). The fourth-order valence-electron chi connectivity index (χ4n) is 2.05. The number of hydrogen-bond acceptors (Lipinski definition) is 8. The Hall–Kier alpha value is -0.820. The van der Waals surface area contributed by atoms with Crippen LogP contribution in [0.3, 0.4) is 0 Å². The van der Waals surface area contributed by atoms with E-state index in [0.29, 0.717) is 13.0 Å². The van der Waals surface area contributed by atoms with Crippen molar-refractivity contribution in [2.75, 3.05) is 13.2 Å². The van der Waals surface area contributed by atoms with Crippen LogP contribution >= 0.6 is 0 Å². The molecule has 0 unspecified atom stereocenters. The van der Waals surface area contributed by atoms with Gasteiger partial charge < -0.3 is 25.7 Å². The Bertz CT molecular complexity index is 471. The summed E-state index contributed by atoms with van der Waals surface area (Å²) in [6.07, 6.45) is -2.05. The summed E-state index contributed by atoms with van der Waals surface area (Å²) in [4.78, 5) is 11.7. The average Bonchev–Trinajstić information content (AvgIpc) is 2.55. The fourth-order valence-corrected chi connectivity index (χ4v) is 2.36. The predicted octanol–water partition coefficient (Wildman–Crippen LogP) is -1.27. The van der Waals surface area contributed by atoms with Crippen molar-refractivity contribution in [2.24, 2.45) is 0 Å². The van der Waals surface area contributed by atoms with Gasteiger partial charge in [0.2, 0.25) is 0 Å². The average molecular weight is 387 g/mol. The second kappa shape index (κ2) is 12.5. The lowest BCUT2D eigenvalue weighted by molar-refractivity contribution is -0.148. The first kappa shape index (κ1) is 24.2. The molecule has 0 saturated carbocycles. The number of carbonyl (C=O) groups is 1. The molecule has 0 radical (unpaired) electrons. The number of amides is 1. The van der Waals surface area contributed by atoms with Crippen LogP contribution in [0.5, 0.6) is 0 Å². The van der Waals surface area contributed by atoms with Gasteiger partial charge in [0, 0.05) is 6.54 Å². The lowest BCUT2D eigenvalue weighted by Crippen LogP contribution is -2.52. The molecule has 6 N–H and O–H groups in total. The summed E-state index contributed by atoms with van der Waals surface area (Å²) in [7, 11) is -4.83. The second-order valence-electron chi connectivity index (χ2n) is 5.76. The Morgan fingerprint density at radius 2 is 1.56 bits per heavy atom. The van der Waals surface area contributed by atoms with Crippen LogP contribution in [0, 0.1) is 0 Å². The third kappa shape index (κ3) is 11.4. The summed E-state index contributed by atoms with van der Waals surface area (Å²) in [6.45, 7) is 1.34.